The van der Waals surface area contributed by atoms with E-state index in [4.69, 9.17) is 5.21 Å². The van der Waals surface area contributed by atoms with Gasteiger partial charge in [0.25, 0.3) is 5.91 Å². The average Bonchev–Trinajstić information content (AvgIpc) is 2.77. The Morgan fingerprint density at radius 3 is 2.27 bits per heavy atom. The van der Waals surface area contributed by atoms with Crippen LogP contribution >= 0.6 is 0 Å². The standard InChI is InChI=1S/C22H27N3O4S/c1-17(2)18-7-10-20(11-8-18)30(28,29)25-15-13-24(14-16-25)21-6-4-3-5-19(21)9-12-22(26)23-27/h3-12,17,27H,13-16H2,1-2H3,(H,23,26)/b12-9+. The minimum absolute atomic E-state index is 0.318. The normalized spacial score (nSPS) is 15.7. The van der Waals surface area contributed by atoms with Crippen molar-refractivity contribution in [3.63, 3.8) is 0 Å². The highest BCUT2D eigenvalue weighted by Gasteiger charge is 2.29. The molecule has 3 rings (SSSR count). The number of piperazine rings is 1. The van der Waals surface area contributed by atoms with Crippen LogP contribution in [0.2, 0.25) is 0 Å². The Kier molecular flexibility index (Phi) is 6.91. The van der Waals surface area contributed by atoms with Gasteiger partial charge in [-0.15, -0.1) is 0 Å². The summed E-state index contributed by atoms with van der Waals surface area (Å²) in [6.07, 6.45) is 2.88. The van der Waals surface area contributed by atoms with Gasteiger partial charge in [-0.1, -0.05) is 44.2 Å². The molecule has 0 radical (unpaired) electrons. The van der Waals surface area contributed by atoms with Crippen LogP contribution in [0.25, 0.3) is 6.08 Å². The van der Waals surface area contributed by atoms with Gasteiger partial charge in [0.05, 0.1) is 4.90 Å². The zero-order chi connectivity index (χ0) is 21.7. The first-order valence-corrected chi connectivity index (χ1v) is 11.3. The number of rotatable bonds is 6. The van der Waals surface area contributed by atoms with E-state index in [0.717, 1.165) is 16.8 Å². The monoisotopic (exact) mass is 429 g/mol. The molecule has 7 nitrogen and oxygen atoms in total. The predicted molar refractivity (Wildman–Crippen MR) is 117 cm³/mol. The Balaban J connectivity index is 1.72. The van der Waals surface area contributed by atoms with E-state index < -0.39 is 15.9 Å². The first kappa shape index (κ1) is 22.0. The minimum atomic E-state index is -3.53. The number of para-hydroxylation sites is 1. The van der Waals surface area contributed by atoms with Gasteiger partial charge in [0, 0.05) is 37.9 Å². The lowest BCUT2D eigenvalue weighted by atomic mass is 10.0. The van der Waals surface area contributed by atoms with Crippen LogP contribution in [0.1, 0.15) is 30.9 Å². The van der Waals surface area contributed by atoms with Crippen LogP contribution in [-0.2, 0) is 14.8 Å². The number of hydrogen-bond donors (Lipinski definition) is 2. The summed E-state index contributed by atoms with van der Waals surface area (Å²) in [4.78, 5) is 13.7. The third kappa shape index (κ3) is 4.89. The molecule has 2 N–H and O–H groups in total. The van der Waals surface area contributed by atoms with Crippen molar-refractivity contribution >= 4 is 27.7 Å². The number of sulfonamides is 1. The molecule has 8 heteroatoms. The summed E-state index contributed by atoms with van der Waals surface area (Å²) in [5.74, 6) is -0.257. The van der Waals surface area contributed by atoms with Crippen molar-refractivity contribution in [3.05, 3.63) is 65.7 Å². The molecule has 1 fully saturated rings. The van der Waals surface area contributed by atoms with E-state index in [1.165, 1.54) is 10.4 Å². The van der Waals surface area contributed by atoms with E-state index in [1.807, 2.05) is 36.4 Å². The van der Waals surface area contributed by atoms with Crippen LogP contribution in [-0.4, -0.2) is 50.0 Å². The zero-order valence-electron chi connectivity index (χ0n) is 17.2. The van der Waals surface area contributed by atoms with Gasteiger partial charge in [0.1, 0.15) is 0 Å². The molecule has 0 bridgehead atoms. The second-order valence-corrected chi connectivity index (χ2v) is 9.42. The summed E-state index contributed by atoms with van der Waals surface area (Å²) >= 11 is 0. The molecular formula is C22H27N3O4S. The molecular weight excluding hydrogens is 402 g/mol. The fraction of sp³-hybridized carbons (Fsp3) is 0.318. The minimum Gasteiger partial charge on any atom is -0.368 e. The molecule has 1 aliphatic heterocycles. The molecule has 1 heterocycles. The van der Waals surface area contributed by atoms with E-state index in [-0.39, 0.29) is 0 Å². The predicted octanol–water partition coefficient (Wildman–Crippen LogP) is 2.84. The summed E-state index contributed by atoms with van der Waals surface area (Å²) in [5.41, 5.74) is 4.41. The summed E-state index contributed by atoms with van der Waals surface area (Å²) in [5, 5.41) is 8.65. The van der Waals surface area contributed by atoms with Gasteiger partial charge in [0.2, 0.25) is 10.0 Å². The first-order chi connectivity index (χ1) is 14.3. The van der Waals surface area contributed by atoms with Gasteiger partial charge < -0.3 is 4.90 Å². The molecule has 0 unspecified atom stereocenters. The molecule has 2 aromatic carbocycles. The SMILES string of the molecule is CC(C)c1ccc(S(=O)(=O)N2CCN(c3ccccc3/C=C/C(=O)NO)CC2)cc1. The average molecular weight is 430 g/mol. The lowest BCUT2D eigenvalue weighted by Gasteiger charge is -2.36. The van der Waals surface area contributed by atoms with Crippen LogP contribution < -0.4 is 10.4 Å². The highest BCUT2D eigenvalue weighted by Crippen LogP contribution is 2.26. The summed E-state index contributed by atoms with van der Waals surface area (Å²) in [7, 11) is -3.53. The number of carbonyl (C=O) groups is 1. The van der Waals surface area contributed by atoms with Crippen molar-refractivity contribution in [2.75, 3.05) is 31.1 Å². The van der Waals surface area contributed by atoms with Crippen LogP contribution in [0.4, 0.5) is 5.69 Å². The zero-order valence-corrected chi connectivity index (χ0v) is 18.0. The molecule has 0 aromatic heterocycles. The molecule has 0 spiro atoms. The molecule has 160 valence electrons. The number of nitrogens with one attached hydrogen (secondary N) is 1. The topological polar surface area (TPSA) is 90.0 Å². The van der Waals surface area contributed by atoms with Crippen molar-refractivity contribution in [3.8, 4) is 0 Å². The second-order valence-electron chi connectivity index (χ2n) is 7.48. The van der Waals surface area contributed by atoms with E-state index in [9.17, 15) is 13.2 Å². The maximum atomic E-state index is 13.0. The highest BCUT2D eigenvalue weighted by molar-refractivity contribution is 7.89. The largest absolute Gasteiger partial charge is 0.368 e. The van der Waals surface area contributed by atoms with Crippen LogP contribution in [0.5, 0.6) is 0 Å². The molecule has 1 amide bonds. The molecule has 1 aliphatic rings. The summed E-state index contributed by atoms with van der Waals surface area (Å²) in [6.45, 7) is 5.99. The number of amides is 1. The Bertz CT molecular complexity index is 1010. The Morgan fingerprint density at radius 1 is 1.03 bits per heavy atom. The van der Waals surface area contributed by atoms with Crippen molar-refractivity contribution in [2.45, 2.75) is 24.7 Å². The quantitative estimate of drug-likeness (QED) is 0.419. The second kappa shape index (κ2) is 9.42. The first-order valence-electron chi connectivity index (χ1n) is 9.89. The number of carbonyl (C=O) groups excluding carboxylic acids is 1. The Hall–Kier alpha value is -2.68. The molecule has 1 saturated heterocycles. The lowest BCUT2D eigenvalue weighted by Crippen LogP contribution is -2.48. The summed E-state index contributed by atoms with van der Waals surface area (Å²) in [6, 6.07) is 14.7. The number of anilines is 1. The summed E-state index contributed by atoms with van der Waals surface area (Å²) < 4.78 is 27.6. The smallest absolute Gasteiger partial charge is 0.267 e. The fourth-order valence-electron chi connectivity index (χ4n) is 3.46. The molecule has 30 heavy (non-hydrogen) atoms. The van der Waals surface area contributed by atoms with Crippen molar-refractivity contribution in [1.82, 2.24) is 9.79 Å². The number of nitrogens with zero attached hydrogens (tertiary/aromatic N) is 2. The lowest BCUT2D eigenvalue weighted by molar-refractivity contribution is -0.124. The number of hydrogen-bond acceptors (Lipinski definition) is 5. The highest BCUT2D eigenvalue weighted by atomic mass is 32.2. The van der Waals surface area contributed by atoms with Crippen LogP contribution in [0.3, 0.4) is 0 Å². The fourth-order valence-corrected chi connectivity index (χ4v) is 4.88. The van der Waals surface area contributed by atoms with Crippen molar-refractivity contribution < 1.29 is 18.4 Å². The molecule has 0 saturated carbocycles. The molecule has 0 atom stereocenters. The van der Waals surface area contributed by atoms with Gasteiger partial charge in [-0.25, -0.2) is 13.9 Å². The van der Waals surface area contributed by atoms with E-state index in [2.05, 4.69) is 18.7 Å². The third-order valence-corrected chi connectivity index (χ3v) is 7.14. The Labute approximate surface area is 177 Å². The molecule has 2 aromatic rings. The van der Waals surface area contributed by atoms with E-state index in [0.29, 0.717) is 37.0 Å². The van der Waals surface area contributed by atoms with Gasteiger partial charge >= 0.3 is 0 Å². The van der Waals surface area contributed by atoms with E-state index in [1.54, 1.807) is 23.7 Å². The van der Waals surface area contributed by atoms with Crippen molar-refractivity contribution in [2.24, 2.45) is 0 Å². The van der Waals surface area contributed by atoms with Crippen molar-refractivity contribution in [1.29, 1.82) is 0 Å². The third-order valence-electron chi connectivity index (χ3n) is 5.23. The number of hydroxylamine groups is 1. The number of benzene rings is 2. The van der Waals surface area contributed by atoms with Crippen LogP contribution in [0.15, 0.2) is 59.5 Å². The van der Waals surface area contributed by atoms with Gasteiger partial charge in [0.15, 0.2) is 0 Å². The maximum absolute atomic E-state index is 13.0. The van der Waals surface area contributed by atoms with E-state index >= 15 is 0 Å². The van der Waals surface area contributed by atoms with Crippen LogP contribution in [0, 0.1) is 0 Å². The van der Waals surface area contributed by atoms with Gasteiger partial charge in [-0.2, -0.15) is 4.31 Å². The van der Waals surface area contributed by atoms with Gasteiger partial charge in [-0.3, -0.25) is 10.0 Å². The van der Waals surface area contributed by atoms with Gasteiger partial charge in [-0.05, 0) is 41.3 Å². The Morgan fingerprint density at radius 2 is 1.67 bits per heavy atom. The maximum Gasteiger partial charge on any atom is 0.267 e. The molecule has 0 aliphatic carbocycles.